The molecule has 0 radical (unpaired) electrons. The number of nitrogens with zero attached hydrogens (tertiary/aromatic N) is 6. The molecule has 0 unspecified atom stereocenters. The first-order chi connectivity index (χ1) is 17.2. The SMILES string of the molecule is C[C@@H]1COCCN1c1nc2n(c(=O)c1F)CC[C@@H](C(F)(F)F)N2Cc1nccs1.O=c1ccnc[nH]1. The first-order valence-corrected chi connectivity index (χ1v) is 11.9. The summed E-state index contributed by atoms with van der Waals surface area (Å²) < 4.78 is 62.4. The van der Waals surface area contributed by atoms with Gasteiger partial charge in [0.05, 0.1) is 32.1 Å². The second-order valence-electron chi connectivity index (χ2n) is 8.13. The molecule has 3 aromatic heterocycles. The van der Waals surface area contributed by atoms with Gasteiger partial charge in [0.15, 0.2) is 5.82 Å². The molecule has 0 saturated carbocycles. The number of thiazole rings is 1. The zero-order valence-corrected chi connectivity index (χ0v) is 19.9. The van der Waals surface area contributed by atoms with Gasteiger partial charge in [-0.05, 0) is 13.3 Å². The molecule has 0 bridgehead atoms. The van der Waals surface area contributed by atoms with E-state index in [9.17, 15) is 27.2 Å². The molecule has 5 rings (SSSR count). The number of H-pyrrole nitrogens is 1. The average Bonchev–Trinajstić information content (AvgIpc) is 3.35. The maximum atomic E-state index is 14.9. The standard InChI is InChI=1S/C17H19F4N5O2S.C4H4N2O/c1-10-9-28-6-5-24(10)14-13(18)15(27)25-4-2-11(17(19,20)21)26(16(25)23-14)8-12-22-3-7-29-12;7-4-1-2-5-3-6-4/h3,7,10-11H,2,4-6,8-9H2,1H3;1-3H,(H,5,6,7)/t10-,11+;/m1./s1. The Bertz CT molecular complexity index is 1260. The number of ether oxygens (including phenoxy) is 1. The monoisotopic (exact) mass is 529 g/mol. The van der Waals surface area contributed by atoms with Crippen molar-refractivity contribution in [1.29, 1.82) is 0 Å². The van der Waals surface area contributed by atoms with E-state index in [1.807, 2.05) is 0 Å². The highest BCUT2D eigenvalue weighted by molar-refractivity contribution is 7.09. The maximum Gasteiger partial charge on any atom is 0.408 e. The molecule has 1 N–H and O–H groups in total. The molecule has 2 aliphatic heterocycles. The average molecular weight is 530 g/mol. The second kappa shape index (κ2) is 10.7. The van der Waals surface area contributed by atoms with Gasteiger partial charge in [0.2, 0.25) is 11.8 Å². The molecule has 0 spiro atoms. The summed E-state index contributed by atoms with van der Waals surface area (Å²) in [7, 11) is 0. The van der Waals surface area contributed by atoms with Crippen LogP contribution in [-0.2, 0) is 17.8 Å². The Balaban J connectivity index is 0.000000375. The third-order valence-corrected chi connectivity index (χ3v) is 6.50. The van der Waals surface area contributed by atoms with E-state index < -0.39 is 23.6 Å². The zero-order chi connectivity index (χ0) is 25.9. The largest absolute Gasteiger partial charge is 0.408 e. The lowest BCUT2D eigenvalue weighted by Crippen LogP contribution is -2.53. The fourth-order valence-corrected chi connectivity index (χ4v) is 4.62. The lowest BCUT2D eigenvalue weighted by Gasteiger charge is -2.40. The molecular weight excluding hydrogens is 506 g/mol. The van der Waals surface area contributed by atoms with Gasteiger partial charge in [-0.2, -0.15) is 22.5 Å². The molecule has 36 heavy (non-hydrogen) atoms. The molecule has 0 aromatic carbocycles. The molecule has 15 heteroatoms. The fraction of sp³-hybridized carbons (Fsp3) is 0.476. The smallest absolute Gasteiger partial charge is 0.377 e. The van der Waals surface area contributed by atoms with Gasteiger partial charge >= 0.3 is 6.18 Å². The highest BCUT2D eigenvalue weighted by Gasteiger charge is 2.47. The molecule has 1 saturated heterocycles. The molecule has 2 aliphatic rings. The summed E-state index contributed by atoms with van der Waals surface area (Å²) >= 11 is 1.21. The Morgan fingerprint density at radius 1 is 1.25 bits per heavy atom. The summed E-state index contributed by atoms with van der Waals surface area (Å²) in [5.74, 6) is -1.47. The molecular formula is C21H23F4N7O3S. The number of aromatic nitrogens is 5. The van der Waals surface area contributed by atoms with Crippen LogP contribution >= 0.6 is 11.3 Å². The summed E-state index contributed by atoms with van der Waals surface area (Å²) in [5.41, 5.74) is -1.08. The van der Waals surface area contributed by atoms with Crippen LogP contribution in [0.1, 0.15) is 18.4 Å². The number of hydrogen-bond donors (Lipinski definition) is 1. The number of nitrogens with one attached hydrogen (secondary N) is 1. The number of rotatable bonds is 3. The summed E-state index contributed by atoms with van der Waals surface area (Å²) in [6.45, 7) is 2.28. The van der Waals surface area contributed by atoms with Crippen molar-refractivity contribution in [3.05, 3.63) is 61.7 Å². The van der Waals surface area contributed by atoms with Gasteiger partial charge in [-0.3, -0.25) is 14.2 Å². The third-order valence-electron chi connectivity index (χ3n) is 5.74. The van der Waals surface area contributed by atoms with Crippen LogP contribution in [0.25, 0.3) is 0 Å². The zero-order valence-electron chi connectivity index (χ0n) is 19.1. The minimum atomic E-state index is -4.53. The first-order valence-electron chi connectivity index (χ1n) is 11.0. The van der Waals surface area contributed by atoms with Crippen LogP contribution in [0, 0.1) is 5.82 Å². The number of hydrogen-bond acceptors (Lipinski definition) is 9. The van der Waals surface area contributed by atoms with E-state index in [2.05, 4.69) is 19.9 Å². The maximum absolute atomic E-state index is 14.9. The van der Waals surface area contributed by atoms with Gasteiger partial charge in [0, 0.05) is 36.9 Å². The first kappa shape index (κ1) is 25.8. The second-order valence-corrected chi connectivity index (χ2v) is 9.10. The van der Waals surface area contributed by atoms with Crippen molar-refractivity contribution in [3.8, 4) is 0 Å². The third kappa shape index (κ3) is 5.56. The van der Waals surface area contributed by atoms with Gasteiger partial charge in [-0.15, -0.1) is 11.3 Å². The Morgan fingerprint density at radius 2 is 2.06 bits per heavy atom. The molecule has 0 aliphatic carbocycles. The molecule has 2 atom stereocenters. The quantitative estimate of drug-likeness (QED) is 0.515. The topological polar surface area (TPSA) is 109 Å². The summed E-state index contributed by atoms with van der Waals surface area (Å²) in [4.78, 5) is 39.7. The summed E-state index contributed by atoms with van der Waals surface area (Å²) in [5, 5.41) is 2.11. The Labute approximate surface area is 206 Å². The van der Waals surface area contributed by atoms with Gasteiger partial charge in [0.25, 0.3) is 11.1 Å². The van der Waals surface area contributed by atoms with Crippen LogP contribution in [0.2, 0.25) is 0 Å². The van der Waals surface area contributed by atoms with E-state index in [1.165, 1.54) is 36.1 Å². The van der Waals surface area contributed by atoms with Crippen molar-refractivity contribution in [2.24, 2.45) is 0 Å². The predicted octanol–water partition coefficient (Wildman–Crippen LogP) is 2.18. The van der Waals surface area contributed by atoms with Crippen LogP contribution < -0.4 is 20.9 Å². The molecule has 5 heterocycles. The molecule has 1 fully saturated rings. The van der Waals surface area contributed by atoms with Crippen molar-refractivity contribution in [3.63, 3.8) is 0 Å². The van der Waals surface area contributed by atoms with Crippen molar-refractivity contribution in [2.75, 3.05) is 29.6 Å². The lowest BCUT2D eigenvalue weighted by atomic mass is 10.1. The van der Waals surface area contributed by atoms with Gasteiger partial charge in [0.1, 0.15) is 11.0 Å². The van der Waals surface area contributed by atoms with E-state index in [-0.39, 0.29) is 42.9 Å². The summed E-state index contributed by atoms with van der Waals surface area (Å²) in [6, 6.07) is -0.735. The Kier molecular flexibility index (Phi) is 7.68. The number of fused-ring (bicyclic) bond motifs is 1. The van der Waals surface area contributed by atoms with Crippen LogP contribution in [0.4, 0.5) is 29.3 Å². The van der Waals surface area contributed by atoms with E-state index in [0.29, 0.717) is 24.8 Å². The van der Waals surface area contributed by atoms with Crippen molar-refractivity contribution in [2.45, 2.75) is 44.7 Å². The number of morpholine rings is 1. The van der Waals surface area contributed by atoms with Crippen LogP contribution in [0.5, 0.6) is 0 Å². The Morgan fingerprint density at radius 3 is 2.64 bits per heavy atom. The summed E-state index contributed by atoms with van der Waals surface area (Å²) in [6.07, 6.45) is -0.600. The predicted molar refractivity (Wildman–Crippen MR) is 124 cm³/mol. The molecule has 10 nitrogen and oxygen atoms in total. The van der Waals surface area contributed by atoms with Crippen LogP contribution in [-0.4, -0.2) is 62.5 Å². The van der Waals surface area contributed by atoms with Crippen molar-refractivity contribution in [1.82, 2.24) is 24.5 Å². The highest BCUT2D eigenvalue weighted by atomic mass is 32.1. The van der Waals surface area contributed by atoms with Crippen LogP contribution in [0.3, 0.4) is 0 Å². The lowest BCUT2D eigenvalue weighted by molar-refractivity contribution is -0.153. The highest BCUT2D eigenvalue weighted by Crippen LogP contribution is 2.36. The normalized spacial score (nSPS) is 19.9. The van der Waals surface area contributed by atoms with E-state index in [4.69, 9.17) is 4.74 Å². The molecule has 0 amide bonds. The van der Waals surface area contributed by atoms with Gasteiger partial charge in [-0.1, -0.05) is 0 Å². The van der Waals surface area contributed by atoms with Gasteiger partial charge in [-0.25, -0.2) is 9.97 Å². The van der Waals surface area contributed by atoms with E-state index in [1.54, 1.807) is 17.2 Å². The van der Waals surface area contributed by atoms with E-state index >= 15 is 0 Å². The minimum Gasteiger partial charge on any atom is -0.377 e. The van der Waals surface area contributed by atoms with Crippen molar-refractivity contribution < 1.29 is 22.3 Å². The van der Waals surface area contributed by atoms with E-state index in [0.717, 1.165) is 9.47 Å². The van der Waals surface area contributed by atoms with Crippen molar-refractivity contribution >= 4 is 23.1 Å². The number of anilines is 2. The number of halogens is 4. The number of aromatic amines is 1. The minimum absolute atomic E-state index is 0.116. The fourth-order valence-electron chi connectivity index (χ4n) is 4.01. The van der Waals surface area contributed by atoms with Gasteiger partial charge < -0.3 is 19.5 Å². The molecule has 3 aromatic rings. The van der Waals surface area contributed by atoms with Crippen LogP contribution in [0.15, 0.2) is 39.8 Å². The molecule has 194 valence electrons. The number of alkyl halides is 3. The Hall–Kier alpha value is -3.33.